The smallest absolute Gasteiger partial charge is 0.105 e. The highest BCUT2D eigenvalue weighted by molar-refractivity contribution is 5.23. The molecule has 0 aromatic carbocycles. The molecule has 3 heteroatoms. The molecule has 1 aliphatic rings. The predicted octanol–water partition coefficient (Wildman–Crippen LogP) is 3.42. The van der Waals surface area contributed by atoms with E-state index in [1.165, 1.54) is 31.5 Å². The average molecular weight is 264 g/mol. The first kappa shape index (κ1) is 14.6. The lowest BCUT2D eigenvalue weighted by molar-refractivity contribution is 0.157. The Kier molecular flexibility index (Phi) is 4.69. The quantitative estimate of drug-likeness (QED) is 0.903. The minimum absolute atomic E-state index is 0.382. The number of likely N-dealkylation sites (tertiary alicyclic amines) is 1. The van der Waals surface area contributed by atoms with E-state index in [4.69, 9.17) is 4.42 Å². The summed E-state index contributed by atoms with van der Waals surface area (Å²) >= 11 is 0. The van der Waals surface area contributed by atoms with Gasteiger partial charge in [0.05, 0.1) is 0 Å². The molecule has 0 amide bonds. The summed E-state index contributed by atoms with van der Waals surface area (Å²) in [6, 6.07) is 3.86. The summed E-state index contributed by atoms with van der Waals surface area (Å²) in [5, 5.41) is 3.76. The largest absolute Gasteiger partial charge is 0.466 e. The van der Waals surface area contributed by atoms with Crippen LogP contribution in [0.2, 0.25) is 0 Å². The van der Waals surface area contributed by atoms with Gasteiger partial charge in [-0.3, -0.25) is 0 Å². The van der Waals surface area contributed by atoms with Gasteiger partial charge in [0.15, 0.2) is 0 Å². The average Bonchev–Trinajstić information content (AvgIpc) is 2.69. The second-order valence-electron chi connectivity index (χ2n) is 6.16. The van der Waals surface area contributed by atoms with Crippen molar-refractivity contribution in [3.63, 3.8) is 0 Å². The number of nitrogens with zero attached hydrogens (tertiary/aromatic N) is 1. The number of aryl methyl sites for hydroxylation is 2. The molecule has 1 atom stereocenters. The van der Waals surface area contributed by atoms with E-state index >= 15 is 0 Å². The fraction of sp³-hybridized carbons (Fsp3) is 0.750. The number of hydrogen-bond donors (Lipinski definition) is 1. The van der Waals surface area contributed by atoms with Crippen LogP contribution < -0.4 is 5.32 Å². The number of furan rings is 1. The molecule has 0 aliphatic carbocycles. The molecule has 0 radical (unpaired) electrons. The maximum Gasteiger partial charge on any atom is 0.105 e. The molecule has 0 spiro atoms. The molecule has 1 unspecified atom stereocenters. The van der Waals surface area contributed by atoms with E-state index in [2.05, 4.69) is 44.0 Å². The van der Waals surface area contributed by atoms with Gasteiger partial charge in [-0.05, 0) is 66.6 Å². The first-order valence-corrected chi connectivity index (χ1v) is 7.54. The van der Waals surface area contributed by atoms with Gasteiger partial charge in [-0.1, -0.05) is 0 Å². The van der Waals surface area contributed by atoms with Crippen LogP contribution in [-0.2, 0) is 0 Å². The van der Waals surface area contributed by atoms with Crippen LogP contribution in [0, 0.1) is 13.8 Å². The molecule has 108 valence electrons. The zero-order valence-electron chi connectivity index (χ0n) is 13.0. The third-order valence-electron chi connectivity index (χ3n) is 4.29. The number of rotatable bonds is 4. The minimum Gasteiger partial charge on any atom is -0.466 e. The van der Waals surface area contributed by atoms with Crippen LogP contribution in [0.15, 0.2) is 10.5 Å². The van der Waals surface area contributed by atoms with Crippen LogP contribution >= 0.6 is 0 Å². The molecule has 0 bridgehead atoms. The Morgan fingerprint density at radius 2 is 1.84 bits per heavy atom. The van der Waals surface area contributed by atoms with Crippen molar-refractivity contribution >= 4 is 0 Å². The third-order valence-corrected chi connectivity index (χ3v) is 4.29. The van der Waals surface area contributed by atoms with Gasteiger partial charge in [-0.15, -0.1) is 0 Å². The van der Waals surface area contributed by atoms with Crippen LogP contribution in [-0.4, -0.2) is 30.1 Å². The molecule has 2 rings (SSSR count). The number of piperidine rings is 1. The molecule has 0 saturated carbocycles. The summed E-state index contributed by atoms with van der Waals surface area (Å²) in [4.78, 5) is 2.57. The van der Waals surface area contributed by atoms with Crippen molar-refractivity contribution in [1.82, 2.24) is 10.2 Å². The summed E-state index contributed by atoms with van der Waals surface area (Å²) in [5.41, 5.74) is 1.31. The molecule has 19 heavy (non-hydrogen) atoms. The van der Waals surface area contributed by atoms with E-state index < -0.39 is 0 Å². The maximum atomic E-state index is 5.63. The lowest BCUT2D eigenvalue weighted by Crippen LogP contribution is -2.45. The van der Waals surface area contributed by atoms with E-state index in [9.17, 15) is 0 Å². The molecular formula is C16H28N2O. The van der Waals surface area contributed by atoms with Crippen molar-refractivity contribution in [1.29, 1.82) is 0 Å². The summed E-state index contributed by atoms with van der Waals surface area (Å²) in [7, 11) is 0. The predicted molar refractivity (Wildman–Crippen MR) is 79.5 cm³/mol. The van der Waals surface area contributed by atoms with E-state index in [1.54, 1.807) is 0 Å². The maximum absolute atomic E-state index is 5.63. The summed E-state index contributed by atoms with van der Waals surface area (Å²) in [6.07, 6.45) is 2.50. The zero-order chi connectivity index (χ0) is 14.0. The van der Waals surface area contributed by atoms with Crippen molar-refractivity contribution in [3.05, 3.63) is 23.2 Å². The molecule has 2 heterocycles. The van der Waals surface area contributed by atoms with E-state index in [0.717, 1.165) is 11.5 Å². The van der Waals surface area contributed by atoms with Gasteiger partial charge in [0, 0.05) is 23.7 Å². The standard InChI is InChI=1S/C16H28N2O/c1-11(2)18-8-6-15(7-9-18)17-13(4)16-10-12(3)19-14(16)5/h10-11,13,15,17H,6-9H2,1-5H3. The Morgan fingerprint density at radius 1 is 1.21 bits per heavy atom. The van der Waals surface area contributed by atoms with Gasteiger partial charge in [0.1, 0.15) is 11.5 Å². The fourth-order valence-electron chi connectivity index (χ4n) is 3.11. The Labute approximate surface area is 117 Å². The van der Waals surface area contributed by atoms with Crippen LogP contribution in [0.5, 0.6) is 0 Å². The molecule has 1 aliphatic heterocycles. The highest BCUT2D eigenvalue weighted by Gasteiger charge is 2.23. The van der Waals surface area contributed by atoms with Gasteiger partial charge < -0.3 is 14.6 Å². The number of hydrogen-bond acceptors (Lipinski definition) is 3. The van der Waals surface area contributed by atoms with Gasteiger partial charge in [0.25, 0.3) is 0 Å². The van der Waals surface area contributed by atoms with Crippen LogP contribution in [0.3, 0.4) is 0 Å². The Hall–Kier alpha value is -0.800. The highest BCUT2D eigenvalue weighted by atomic mass is 16.3. The molecule has 3 nitrogen and oxygen atoms in total. The zero-order valence-corrected chi connectivity index (χ0v) is 13.0. The molecule has 1 aromatic rings. The summed E-state index contributed by atoms with van der Waals surface area (Å²) < 4.78 is 5.63. The van der Waals surface area contributed by atoms with Crippen LogP contribution in [0.1, 0.15) is 56.7 Å². The molecule has 1 N–H and O–H groups in total. The first-order chi connectivity index (χ1) is 8.97. The SMILES string of the molecule is Cc1cc(C(C)NC2CCN(C(C)C)CC2)c(C)o1. The topological polar surface area (TPSA) is 28.4 Å². The van der Waals surface area contributed by atoms with Crippen molar-refractivity contribution in [3.8, 4) is 0 Å². The molecule has 1 aromatic heterocycles. The lowest BCUT2D eigenvalue weighted by atomic mass is 10.0. The Balaban J connectivity index is 1.87. The number of nitrogens with one attached hydrogen (secondary N) is 1. The van der Waals surface area contributed by atoms with Crippen molar-refractivity contribution in [2.45, 2.75) is 65.6 Å². The molecular weight excluding hydrogens is 236 g/mol. The second-order valence-corrected chi connectivity index (χ2v) is 6.16. The third kappa shape index (κ3) is 3.61. The fourth-order valence-corrected chi connectivity index (χ4v) is 3.11. The van der Waals surface area contributed by atoms with Gasteiger partial charge >= 0.3 is 0 Å². The van der Waals surface area contributed by atoms with Gasteiger partial charge in [0.2, 0.25) is 0 Å². The first-order valence-electron chi connectivity index (χ1n) is 7.54. The Bertz CT molecular complexity index is 403. The van der Waals surface area contributed by atoms with Gasteiger partial charge in [-0.25, -0.2) is 0 Å². The summed E-state index contributed by atoms with van der Waals surface area (Å²) in [5.74, 6) is 2.06. The Morgan fingerprint density at radius 3 is 2.32 bits per heavy atom. The van der Waals surface area contributed by atoms with E-state index in [0.29, 0.717) is 18.1 Å². The second kappa shape index (κ2) is 6.10. The molecule has 1 saturated heterocycles. The monoisotopic (exact) mass is 264 g/mol. The van der Waals surface area contributed by atoms with Crippen LogP contribution in [0.4, 0.5) is 0 Å². The molecule has 1 fully saturated rings. The van der Waals surface area contributed by atoms with Crippen LogP contribution in [0.25, 0.3) is 0 Å². The minimum atomic E-state index is 0.382. The van der Waals surface area contributed by atoms with Crippen molar-refractivity contribution < 1.29 is 4.42 Å². The van der Waals surface area contributed by atoms with Gasteiger partial charge in [-0.2, -0.15) is 0 Å². The van der Waals surface area contributed by atoms with E-state index in [-0.39, 0.29) is 0 Å². The lowest BCUT2D eigenvalue weighted by Gasteiger charge is -2.36. The van der Waals surface area contributed by atoms with Crippen molar-refractivity contribution in [2.24, 2.45) is 0 Å². The highest BCUT2D eigenvalue weighted by Crippen LogP contribution is 2.23. The normalized spacial score (nSPS) is 20.1. The van der Waals surface area contributed by atoms with Crippen molar-refractivity contribution in [2.75, 3.05) is 13.1 Å². The summed E-state index contributed by atoms with van der Waals surface area (Å²) in [6.45, 7) is 13.3. The van der Waals surface area contributed by atoms with E-state index in [1.807, 2.05) is 6.92 Å².